The average Bonchev–Trinajstić information content (AvgIpc) is 3.07. The molecule has 4 heterocycles. The summed E-state index contributed by atoms with van der Waals surface area (Å²) in [6.07, 6.45) is 3.05. The summed E-state index contributed by atoms with van der Waals surface area (Å²) < 4.78 is 28.4. The maximum Gasteiger partial charge on any atom is 0.137 e. The van der Waals surface area contributed by atoms with Crippen molar-refractivity contribution in [1.29, 1.82) is 0 Å². The minimum atomic E-state index is -1.14. The van der Waals surface area contributed by atoms with E-state index in [1.807, 2.05) is 0 Å². The van der Waals surface area contributed by atoms with Gasteiger partial charge in [0.05, 0.1) is 19.3 Å². The van der Waals surface area contributed by atoms with Gasteiger partial charge < -0.3 is 25.4 Å². The molecule has 0 radical (unpaired) electrons. The number of nitrogens with one attached hydrogen (secondary N) is 3. The summed E-state index contributed by atoms with van der Waals surface area (Å²) in [7, 11) is 0. The lowest BCUT2D eigenvalue weighted by Crippen LogP contribution is -2.53. The smallest absolute Gasteiger partial charge is 0.137 e. The average molecular weight is 339 g/mol. The van der Waals surface area contributed by atoms with Crippen LogP contribution in [0.4, 0.5) is 4.39 Å². The molecule has 136 valence electrons. The van der Waals surface area contributed by atoms with Crippen molar-refractivity contribution < 1.29 is 13.9 Å². The molecule has 5 aliphatic rings. The maximum atomic E-state index is 16.6. The molecule has 5 rings (SSSR count). The summed E-state index contributed by atoms with van der Waals surface area (Å²) in [4.78, 5) is 0. The number of alkyl halides is 1. The molecule has 0 aromatic heterocycles. The Morgan fingerprint density at radius 2 is 1.83 bits per heavy atom. The number of piperidine rings is 2. The molecule has 3 N–H and O–H groups in total. The number of fused-ring (bicyclic) bond motifs is 5. The summed E-state index contributed by atoms with van der Waals surface area (Å²) >= 11 is 0. The van der Waals surface area contributed by atoms with Crippen molar-refractivity contribution in [2.24, 2.45) is 23.7 Å². The van der Waals surface area contributed by atoms with Crippen LogP contribution >= 0.6 is 0 Å². The molecule has 1 saturated carbocycles. The fourth-order valence-electron chi connectivity index (χ4n) is 6.07. The van der Waals surface area contributed by atoms with E-state index in [4.69, 9.17) is 9.47 Å². The SMILES string of the molecule is FC12C(COCCCCOCC3NCC4C3C41)NC1CCNCC12. The van der Waals surface area contributed by atoms with E-state index in [1.165, 1.54) is 0 Å². The Morgan fingerprint density at radius 3 is 2.71 bits per heavy atom. The number of hydrogen-bond donors (Lipinski definition) is 3. The van der Waals surface area contributed by atoms with Crippen LogP contribution in [0.15, 0.2) is 0 Å². The molecule has 0 bridgehead atoms. The Labute approximate surface area is 143 Å². The summed E-state index contributed by atoms with van der Waals surface area (Å²) in [5.41, 5.74) is -1.14. The molecular weight excluding hydrogens is 309 g/mol. The van der Waals surface area contributed by atoms with Crippen LogP contribution in [0.25, 0.3) is 0 Å². The first-order chi connectivity index (χ1) is 11.8. The second kappa shape index (κ2) is 6.16. The highest BCUT2D eigenvalue weighted by molar-refractivity contribution is 5.24. The highest BCUT2D eigenvalue weighted by Gasteiger charge is 2.73. The van der Waals surface area contributed by atoms with Crippen molar-refractivity contribution in [2.45, 2.75) is 43.1 Å². The van der Waals surface area contributed by atoms with Crippen LogP contribution in [0.5, 0.6) is 0 Å². The summed E-state index contributed by atoms with van der Waals surface area (Å²) in [6.45, 7) is 5.50. The van der Waals surface area contributed by atoms with E-state index in [0.717, 1.165) is 52.1 Å². The van der Waals surface area contributed by atoms with Gasteiger partial charge in [-0.2, -0.15) is 0 Å². The van der Waals surface area contributed by atoms with Gasteiger partial charge in [-0.05, 0) is 44.2 Å². The van der Waals surface area contributed by atoms with Gasteiger partial charge in [-0.1, -0.05) is 0 Å². The zero-order chi connectivity index (χ0) is 16.1. The lowest BCUT2D eigenvalue weighted by atomic mass is 9.76. The molecule has 24 heavy (non-hydrogen) atoms. The van der Waals surface area contributed by atoms with Crippen LogP contribution < -0.4 is 16.0 Å². The minimum Gasteiger partial charge on any atom is -0.380 e. The lowest BCUT2D eigenvalue weighted by Gasteiger charge is -2.37. The minimum absolute atomic E-state index is 0.0853. The second-order valence-electron chi connectivity index (χ2n) is 8.39. The predicted octanol–water partition coefficient (Wildman–Crippen LogP) is 0.306. The van der Waals surface area contributed by atoms with Gasteiger partial charge in [-0.15, -0.1) is 0 Å². The summed E-state index contributed by atoms with van der Waals surface area (Å²) in [6, 6.07) is 0.498. The predicted molar refractivity (Wildman–Crippen MR) is 88.7 cm³/mol. The third kappa shape index (κ3) is 2.37. The van der Waals surface area contributed by atoms with Gasteiger partial charge in [0.2, 0.25) is 0 Å². The van der Waals surface area contributed by atoms with Crippen molar-refractivity contribution >= 4 is 0 Å². The van der Waals surface area contributed by atoms with Gasteiger partial charge in [0, 0.05) is 43.7 Å². The van der Waals surface area contributed by atoms with Crippen LogP contribution in [0.3, 0.4) is 0 Å². The standard InChI is InChI=1S/C18H30FN3O2/c19-18-12-8-20-4-3-13(12)22-15(18)10-24-6-2-1-5-23-9-14-16-11(7-21-14)17(16)18/h11-17,20-22H,1-10H2. The van der Waals surface area contributed by atoms with Crippen LogP contribution in [-0.2, 0) is 9.47 Å². The molecule has 0 aromatic rings. The molecule has 0 amide bonds. The first-order valence-electron chi connectivity index (χ1n) is 9.84. The van der Waals surface area contributed by atoms with Crippen LogP contribution in [0, 0.1) is 23.7 Å². The van der Waals surface area contributed by atoms with E-state index in [2.05, 4.69) is 16.0 Å². The van der Waals surface area contributed by atoms with E-state index < -0.39 is 5.67 Å². The first kappa shape index (κ1) is 15.9. The maximum absolute atomic E-state index is 16.6. The lowest BCUT2D eigenvalue weighted by molar-refractivity contribution is 0.00189. The van der Waals surface area contributed by atoms with E-state index in [1.54, 1.807) is 0 Å². The molecule has 5 fully saturated rings. The Hall–Kier alpha value is -0.270. The monoisotopic (exact) mass is 339 g/mol. The third-order valence-corrected chi connectivity index (χ3v) is 7.23. The number of hydrogen-bond acceptors (Lipinski definition) is 5. The zero-order valence-corrected chi connectivity index (χ0v) is 14.3. The molecule has 0 aromatic carbocycles. The van der Waals surface area contributed by atoms with E-state index in [9.17, 15) is 0 Å². The molecule has 4 saturated heterocycles. The molecule has 6 heteroatoms. The second-order valence-corrected chi connectivity index (χ2v) is 8.39. The molecule has 8 atom stereocenters. The zero-order valence-electron chi connectivity index (χ0n) is 14.3. The number of rotatable bonds is 0. The van der Waals surface area contributed by atoms with Crippen molar-refractivity contribution in [3.05, 3.63) is 0 Å². The first-order valence-corrected chi connectivity index (χ1v) is 9.84. The van der Waals surface area contributed by atoms with Gasteiger partial charge in [0.25, 0.3) is 0 Å². The van der Waals surface area contributed by atoms with Gasteiger partial charge >= 0.3 is 0 Å². The van der Waals surface area contributed by atoms with Gasteiger partial charge in [-0.3, -0.25) is 0 Å². The fraction of sp³-hybridized carbons (Fsp3) is 1.00. The van der Waals surface area contributed by atoms with Crippen LogP contribution in [0.1, 0.15) is 19.3 Å². The largest absolute Gasteiger partial charge is 0.380 e. The Morgan fingerprint density at radius 1 is 1.00 bits per heavy atom. The molecule has 5 nitrogen and oxygen atoms in total. The topological polar surface area (TPSA) is 54.6 Å². The molecule has 8 unspecified atom stereocenters. The molecule has 4 aliphatic heterocycles. The van der Waals surface area contributed by atoms with Crippen LogP contribution in [0.2, 0.25) is 0 Å². The summed E-state index contributed by atoms with van der Waals surface area (Å²) in [5.74, 6) is 1.18. The van der Waals surface area contributed by atoms with E-state index in [0.29, 0.717) is 37.1 Å². The number of ether oxygens (including phenoxy) is 2. The summed E-state index contributed by atoms with van der Waals surface area (Å²) in [5, 5.41) is 10.6. The van der Waals surface area contributed by atoms with Crippen LogP contribution in [-0.4, -0.2) is 69.9 Å². The number of halogens is 1. The molecule has 0 spiro atoms. The Balaban J connectivity index is 1.42. The van der Waals surface area contributed by atoms with Gasteiger partial charge in [-0.25, -0.2) is 4.39 Å². The fourth-order valence-corrected chi connectivity index (χ4v) is 6.07. The Bertz CT molecular complexity index is 481. The highest BCUT2D eigenvalue weighted by atomic mass is 19.1. The van der Waals surface area contributed by atoms with Gasteiger partial charge in [0.1, 0.15) is 5.67 Å². The third-order valence-electron chi connectivity index (χ3n) is 7.23. The highest BCUT2D eigenvalue weighted by Crippen LogP contribution is 2.63. The van der Waals surface area contributed by atoms with Crippen molar-refractivity contribution in [3.8, 4) is 0 Å². The van der Waals surface area contributed by atoms with E-state index >= 15 is 4.39 Å². The van der Waals surface area contributed by atoms with Crippen molar-refractivity contribution in [3.63, 3.8) is 0 Å². The Kier molecular flexibility index (Phi) is 4.09. The van der Waals surface area contributed by atoms with Gasteiger partial charge in [0.15, 0.2) is 0 Å². The van der Waals surface area contributed by atoms with Crippen molar-refractivity contribution in [2.75, 3.05) is 46.1 Å². The molecule has 1 aliphatic carbocycles. The normalized spacial score (nSPS) is 54.6. The molecular formula is C18H30FN3O2. The quantitative estimate of drug-likeness (QED) is 0.593. The van der Waals surface area contributed by atoms with E-state index in [-0.39, 0.29) is 17.9 Å². The van der Waals surface area contributed by atoms with Crippen molar-refractivity contribution in [1.82, 2.24) is 16.0 Å².